The van der Waals surface area contributed by atoms with Crippen LogP contribution in [0.4, 0.5) is 5.69 Å². The van der Waals surface area contributed by atoms with E-state index in [1.165, 1.54) is 16.8 Å². The number of benzene rings is 2. The number of anilines is 1. The fraction of sp³-hybridized carbons (Fsp3) is 0.455. The van der Waals surface area contributed by atoms with Gasteiger partial charge in [-0.1, -0.05) is 30.3 Å². The van der Waals surface area contributed by atoms with Gasteiger partial charge in [-0.25, -0.2) is 0 Å². The van der Waals surface area contributed by atoms with Gasteiger partial charge in [0, 0.05) is 32.7 Å². The van der Waals surface area contributed by atoms with Gasteiger partial charge in [-0.05, 0) is 43.5 Å². The average molecular weight is 354 g/mol. The topological polar surface area (TPSA) is 24.9 Å². The third kappa shape index (κ3) is 4.50. The minimum atomic E-state index is 0.776. The number of para-hydroxylation sites is 3. The Bertz CT molecular complexity index is 689. The molecule has 1 aliphatic rings. The number of piperazine rings is 1. The molecule has 1 fully saturated rings. The highest BCUT2D eigenvalue weighted by Gasteiger charge is 2.19. The van der Waals surface area contributed by atoms with Gasteiger partial charge in [0.15, 0.2) is 0 Å². The lowest BCUT2D eigenvalue weighted by molar-refractivity contribution is 0.223. The monoisotopic (exact) mass is 354 g/mol. The van der Waals surface area contributed by atoms with Gasteiger partial charge in [0.1, 0.15) is 11.5 Å². The minimum Gasteiger partial charge on any atom is -0.495 e. The molecule has 0 amide bonds. The second-order valence-corrected chi connectivity index (χ2v) is 6.92. The van der Waals surface area contributed by atoms with Crippen molar-refractivity contribution in [3.8, 4) is 11.5 Å². The molecule has 26 heavy (non-hydrogen) atoms. The van der Waals surface area contributed by atoms with Crippen LogP contribution in [0.3, 0.4) is 0 Å². The Kier molecular flexibility index (Phi) is 6.40. The maximum absolute atomic E-state index is 6.03. The molecule has 4 heteroatoms. The Morgan fingerprint density at radius 2 is 1.58 bits per heavy atom. The van der Waals surface area contributed by atoms with Crippen molar-refractivity contribution in [2.24, 2.45) is 0 Å². The first-order valence-corrected chi connectivity index (χ1v) is 9.48. The number of nitrogens with zero attached hydrogens (tertiary/aromatic N) is 2. The lowest BCUT2D eigenvalue weighted by Gasteiger charge is -2.36. The standard InChI is InChI=1S/C22H30N2O2/c1-18-8-6-9-19(2)22(18)26-17-7-12-23-13-15-24(16-14-23)20-10-4-5-11-21(20)25-3/h4-6,8-11H,7,12-17H2,1-3H3. The first-order chi connectivity index (χ1) is 12.7. The van der Waals surface area contributed by atoms with Crippen LogP contribution in [0.5, 0.6) is 11.5 Å². The maximum atomic E-state index is 6.03. The Morgan fingerprint density at radius 1 is 0.885 bits per heavy atom. The highest BCUT2D eigenvalue weighted by molar-refractivity contribution is 5.58. The van der Waals surface area contributed by atoms with E-state index in [1.807, 2.05) is 12.1 Å². The molecule has 0 bridgehead atoms. The van der Waals surface area contributed by atoms with Crippen LogP contribution in [0.2, 0.25) is 0 Å². The summed E-state index contributed by atoms with van der Waals surface area (Å²) in [6.45, 7) is 10.3. The van der Waals surface area contributed by atoms with Crippen molar-refractivity contribution in [1.82, 2.24) is 4.90 Å². The number of hydrogen-bond donors (Lipinski definition) is 0. The fourth-order valence-electron chi connectivity index (χ4n) is 3.59. The van der Waals surface area contributed by atoms with E-state index in [0.717, 1.165) is 57.3 Å². The van der Waals surface area contributed by atoms with Crippen molar-refractivity contribution in [2.45, 2.75) is 20.3 Å². The van der Waals surface area contributed by atoms with E-state index in [2.05, 4.69) is 54.0 Å². The molecule has 2 aromatic rings. The molecule has 140 valence electrons. The summed E-state index contributed by atoms with van der Waals surface area (Å²) in [5.41, 5.74) is 3.64. The van der Waals surface area contributed by atoms with E-state index in [4.69, 9.17) is 9.47 Å². The van der Waals surface area contributed by atoms with E-state index in [1.54, 1.807) is 7.11 Å². The number of ether oxygens (including phenoxy) is 2. The Labute approximate surface area is 157 Å². The molecule has 2 aromatic carbocycles. The number of methoxy groups -OCH3 is 1. The first-order valence-electron chi connectivity index (χ1n) is 9.48. The van der Waals surface area contributed by atoms with Crippen LogP contribution in [-0.4, -0.2) is 51.3 Å². The summed E-state index contributed by atoms with van der Waals surface area (Å²) in [4.78, 5) is 4.95. The highest BCUT2D eigenvalue weighted by Crippen LogP contribution is 2.28. The van der Waals surface area contributed by atoms with Gasteiger partial charge >= 0.3 is 0 Å². The largest absolute Gasteiger partial charge is 0.495 e. The van der Waals surface area contributed by atoms with Crippen LogP contribution in [0.1, 0.15) is 17.5 Å². The predicted octanol–water partition coefficient (Wildman–Crippen LogP) is 3.90. The molecule has 0 unspecified atom stereocenters. The smallest absolute Gasteiger partial charge is 0.142 e. The van der Waals surface area contributed by atoms with E-state index in [-0.39, 0.29) is 0 Å². The highest BCUT2D eigenvalue weighted by atomic mass is 16.5. The summed E-state index contributed by atoms with van der Waals surface area (Å²) < 4.78 is 11.5. The minimum absolute atomic E-state index is 0.776. The molecule has 0 aromatic heterocycles. The van der Waals surface area contributed by atoms with Crippen LogP contribution in [0, 0.1) is 13.8 Å². The molecule has 0 atom stereocenters. The van der Waals surface area contributed by atoms with Gasteiger partial charge in [-0.2, -0.15) is 0 Å². The lowest BCUT2D eigenvalue weighted by atomic mass is 10.1. The molecule has 4 nitrogen and oxygen atoms in total. The molecule has 1 heterocycles. The number of hydrogen-bond acceptors (Lipinski definition) is 4. The maximum Gasteiger partial charge on any atom is 0.142 e. The van der Waals surface area contributed by atoms with E-state index < -0.39 is 0 Å². The zero-order valence-corrected chi connectivity index (χ0v) is 16.2. The SMILES string of the molecule is COc1ccccc1N1CCN(CCCOc2c(C)cccc2C)CC1. The third-order valence-electron chi connectivity index (χ3n) is 5.07. The molecular formula is C22H30N2O2. The quantitative estimate of drug-likeness (QED) is 0.704. The Morgan fingerprint density at radius 3 is 2.27 bits per heavy atom. The first kappa shape index (κ1) is 18.6. The summed E-state index contributed by atoms with van der Waals surface area (Å²) in [7, 11) is 1.74. The molecule has 1 aliphatic heterocycles. The molecule has 0 saturated carbocycles. The summed E-state index contributed by atoms with van der Waals surface area (Å²) in [5.74, 6) is 2.01. The molecule has 0 aliphatic carbocycles. The number of aryl methyl sites for hydroxylation is 2. The molecule has 3 rings (SSSR count). The van der Waals surface area contributed by atoms with Crippen LogP contribution in [0.15, 0.2) is 42.5 Å². The summed E-state index contributed by atoms with van der Waals surface area (Å²) in [5, 5.41) is 0. The van der Waals surface area contributed by atoms with Crippen molar-refractivity contribution < 1.29 is 9.47 Å². The van der Waals surface area contributed by atoms with Crippen molar-refractivity contribution in [1.29, 1.82) is 0 Å². The van der Waals surface area contributed by atoms with Crippen molar-refractivity contribution >= 4 is 5.69 Å². The summed E-state index contributed by atoms with van der Waals surface area (Å²) >= 11 is 0. The second-order valence-electron chi connectivity index (χ2n) is 6.92. The van der Waals surface area contributed by atoms with Gasteiger partial charge < -0.3 is 14.4 Å². The van der Waals surface area contributed by atoms with Crippen molar-refractivity contribution in [2.75, 3.05) is 51.3 Å². The van der Waals surface area contributed by atoms with Crippen LogP contribution >= 0.6 is 0 Å². The molecule has 0 N–H and O–H groups in total. The Hall–Kier alpha value is -2.20. The van der Waals surface area contributed by atoms with E-state index >= 15 is 0 Å². The van der Waals surface area contributed by atoms with E-state index in [9.17, 15) is 0 Å². The van der Waals surface area contributed by atoms with Crippen LogP contribution in [-0.2, 0) is 0 Å². The van der Waals surface area contributed by atoms with Gasteiger partial charge in [0.25, 0.3) is 0 Å². The van der Waals surface area contributed by atoms with Crippen molar-refractivity contribution in [3.05, 3.63) is 53.6 Å². The van der Waals surface area contributed by atoms with Gasteiger partial charge in [0.2, 0.25) is 0 Å². The average Bonchev–Trinajstić information content (AvgIpc) is 2.67. The van der Waals surface area contributed by atoms with Crippen molar-refractivity contribution in [3.63, 3.8) is 0 Å². The van der Waals surface area contributed by atoms with Crippen LogP contribution < -0.4 is 14.4 Å². The van der Waals surface area contributed by atoms with Crippen LogP contribution in [0.25, 0.3) is 0 Å². The van der Waals surface area contributed by atoms with Gasteiger partial charge in [-0.15, -0.1) is 0 Å². The zero-order valence-electron chi connectivity index (χ0n) is 16.2. The molecule has 0 spiro atoms. The van der Waals surface area contributed by atoms with Gasteiger partial charge in [-0.3, -0.25) is 4.90 Å². The second kappa shape index (κ2) is 8.95. The molecule has 1 saturated heterocycles. The Balaban J connectivity index is 1.42. The lowest BCUT2D eigenvalue weighted by Crippen LogP contribution is -2.46. The predicted molar refractivity (Wildman–Crippen MR) is 108 cm³/mol. The fourth-order valence-corrected chi connectivity index (χ4v) is 3.59. The summed E-state index contributed by atoms with van der Waals surface area (Å²) in [6, 6.07) is 14.6. The summed E-state index contributed by atoms with van der Waals surface area (Å²) in [6.07, 6.45) is 1.06. The zero-order chi connectivity index (χ0) is 18.4. The third-order valence-corrected chi connectivity index (χ3v) is 5.07. The molecular weight excluding hydrogens is 324 g/mol. The normalized spacial score (nSPS) is 15.1. The van der Waals surface area contributed by atoms with Gasteiger partial charge in [0.05, 0.1) is 19.4 Å². The van der Waals surface area contributed by atoms with E-state index in [0.29, 0.717) is 0 Å². The molecule has 0 radical (unpaired) electrons. The number of rotatable bonds is 7.